The SMILES string of the molecule is N[C@@H](Cc1ccc(OCC(CO)(CO)C[At])cc1)C(=O)O. The van der Waals surface area contributed by atoms with E-state index in [1.165, 1.54) is 24.7 Å². The summed E-state index contributed by atoms with van der Waals surface area (Å²) in [4.78, 5) is 10.7. The number of hydrogen-bond acceptors (Lipinski definition) is 5. The molecule has 1 aromatic carbocycles. The number of benzene rings is 1. The number of carboxylic acid groups (broad SMARTS) is 1. The summed E-state index contributed by atoms with van der Waals surface area (Å²) in [6, 6.07) is 6.04. The van der Waals surface area contributed by atoms with Crippen LogP contribution in [-0.2, 0) is 11.2 Å². The molecule has 0 amide bonds. The molecule has 0 unspecified atom stereocenters. The van der Waals surface area contributed by atoms with Gasteiger partial charge in [-0.2, -0.15) is 0 Å². The third kappa shape index (κ3) is 5.51. The van der Waals surface area contributed by atoms with Crippen LogP contribution in [0.5, 0.6) is 5.75 Å². The van der Waals surface area contributed by atoms with Crippen LogP contribution in [0.4, 0.5) is 0 Å². The van der Waals surface area contributed by atoms with Crippen LogP contribution in [0.2, 0.25) is 4.13 Å². The number of aliphatic hydroxyl groups is 2. The summed E-state index contributed by atoms with van der Waals surface area (Å²) in [5.74, 6) is -0.426. The molecule has 0 saturated carbocycles. The van der Waals surface area contributed by atoms with Crippen molar-refractivity contribution in [1.29, 1.82) is 0 Å². The average molecular weight is 492 g/mol. The molecule has 1 aromatic rings. The second-order valence-electron chi connectivity index (χ2n) is 5.03. The number of nitrogens with two attached hydrogens (primary N) is 1. The summed E-state index contributed by atoms with van der Waals surface area (Å²) in [5, 5.41) is 27.5. The number of aliphatic hydroxyl groups excluding tert-OH is 2. The Bertz CT molecular complexity index is 439. The van der Waals surface area contributed by atoms with Crippen molar-refractivity contribution in [2.45, 2.75) is 16.6 Å². The van der Waals surface area contributed by atoms with E-state index in [0.717, 1.165) is 5.56 Å². The first-order chi connectivity index (χ1) is 9.96. The van der Waals surface area contributed by atoms with E-state index in [-0.39, 0.29) is 26.2 Å². The molecule has 0 aromatic heterocycles. The van der Waals surface area contributed by atoms with E-state index in [1.54, 1.807) is 24.3 Å². The van der Waals surface area contributed by atoms with Gasteiger partial charge in [0.25, 0.3) is 0 Å². The third-order valence-corrected chi connectivity index (χ3v) is 5.40. The standard InChI is InChI=1S/C14H20AtNO5/c15-6-14(7-17,8-18)9-21-11-3-1-10(2-4-11)5-12(16)13(19)20/h1-4,12,17-18H,5-9,16H2,(H,19,20)/t12-/m0/s1. The number of ether oxygens (including phenoxy) is 1. The van der Waals surface area contributed by atoms with Gasteiger partial charge in [-0.15, -0.1) is 0 Å². The van der Waals surface area contributed by atoms with Crippen molar-refractivity contribution in [2.75, 3.05) is 19.8 Å². The van der Waals surface area contributed by atoms with Crippen molar-refractivity contribution in [1.82, 2.24) is 0 Å². The summed E-state index contributed by atoms with van der Waals surface area (Å²) in [5.41, 5.74) is 5.66. The van der Waals surface area contributed by atoms with Crippen LogP contribution in [0.25, 0.3) is 0 Å². The molecule has 0 aliphatic carbocycles. The molecule has 0 radical (unpaired) electrons. The number of hydrogen-bond donors (Lipinski definition) is 4. The molecule has 118 valence electrons. The summed E-state index contributed by atoms with van der Waals surface area (Å²) in [6.45, 7) is -0.0401. The topological polar surface area (TPSA) is 113 Å². The Morgan fingerprint density at radius 2 is 1.86 bits per heavy atom. The minimum absolute atomic E-state index is 0.133. The van der Waals surface area contributed by atoms with Crippen LogP contribution in [0.3, 0.4) is 0 Å². The van der Waals surface area contributed by atoms with Gasteiger partial charge < -0.3 is 0 Å². The molecule has 6 nitrogen and oxygen atoms in total. The van der Waals surface area contributed by atoms with Crippen LogP contribution >= 0.6 is 0 Å². The minimum atomic E-state index is -1.03. The molecule has 0 aliphatic rings. The van der Waals surface area contributed by atoms with Gasteiger partial charge in [0.15, 0.2) is 0 Å². The van der Waals surface area contributed by atoms with Gasteiger partial charge in [0.05, 0.1) is 0 Å². The van der Waals surface area contributed by atoms with Crippen LogP contribution in [0, 0.1) is 30.1 Å². The summed E-state index contributed by atoms with van der Waals surface area (Å²) in [7, 11) is 0. The predicted molar refractivity (Wildman–Crippen MR) is 72.7 cm³/mol. The Balaban J connectivity index is 2.60. The molecular weight excluding hydrogens is 472 g/mol. The first kappa shape index (κ1) is 18.3. The molecule has 0 spiro atoms. The van der Waals surface area contributed by atoms with E-state index in [9.17, 15) is 15.0 Å². The molecule has 21 heavy (non-hydrogen) atoms. The maximum atomic E-state index is 10.7. The van der Waals surface area contributed by atoms with Gasteiger partial charge in [-0.25, -0.2) is 0 Å². The zero-order valence-electron chi connectivity index (χ0n) is 11.5. The fourth-order valence-corrected chi connectivity index (χ4v) is 2.52. The van der Waals surface area contributed by atoms with E-state index in [0.29, 0.717) is 9.88 Å². The second-order valence-corrected chi connectivity index (χ2v) is 6.07. The number of aliphatic carboxylic acids is 1. The van der Waals surface area contributed by atoms with Crippen LogP contribution in [0.15, 0.2) is 24.3 Å². The summed E-state index contributed by atoms with van der Waals surface area (Å²) >= 11 is 1.48. The molecule has 7 heteroatoms. The third-order valence-electron chi connectivity index (χ3n) is 3.20. The van der Waals surface area contributed by atoms with E-state index >= 15 is 0 Å². The van der Waals surface area contributed by atoms with Gasteiger partial charge >= 0.3 is 139 Å². The van der Waals surface area contributed by atoms with Crippen molar-refractivity contribution in [3.05, 3.63) is 29.8 Å². The van der Waals surface area contributed by atoms with Crippen molar-refractivity contribution in [2.24, 2.45) is 11.1 Å². The normalized spacial score (nSPS) is 13.0. The van der Waals surface area contributed by atoms with Gasteiger partial charge in [-0.05, 0) is 0 Å². The Kier molecular flexibility index (Phi) is 7.53. The van der Waals surface area contributed by atoms with Crippen LogP contribution in [0.1, 0.15) is 5.56 Å². The molecule has 0 aliphatic heterocycles. The summed E-state index contributed by atoms with van der Waals surface area (Å²) in [6.07, 6.45) is 0.254. The van der Waals surface area contributed by atoms with Gasteiger partial charge in [-0.1, -0.05) is 0 Å². The molecule has 0 heterocycles. The first-order valence-corrected chi connectivity index (χ1v) is 8.52. The Morgan fingerprint density at radius 1 is 1.29 bits per heavy atom. The van der Waals surface area contributed by atoms with Crippen LogP contribution < -0.4 is 10.5 Å². The van der Waals surface area contributed by atoms with Gasteiger partial charge in [-0.3, -0.25) is 0 Å². The fraction of sp³-hybridized carbons (Fsp3) is 0.500. The fourth-order valence-electron chi connectivity index (χ4n) is 1.56. The predicted octanol–water partition coefficient (Wildman–Crippen LogP) is -0.0416. The van der Waals surface area contributed by atoms with Gasteiger partial charge in [0, 0.05) is 0 Å². The van der Waals surface area contributed by atoms with Crippen molar-refractivity contribution < 1.29 is 49.6 Å². The molecule has 1 atom stereocenters. The van der Waals surface area contributed by atoms with Crippen molar-refractivity contribution in [3.8, 4) is 5.75 Å². The molecule has 0 bridgehead atoms. The van der Waals surface area contributed by atoms with Crippen LogP contribution in [-0.4, -0.2) is 47.2 Å². The van der Waals surface area contributed by atoms with Gasteiger partial charge in [0.2, 0.25) is 0 Å². The van der Waals surface area contributed by atoms with Crippen molar-refractivity contribution in [3.63, 3.8) is 0 Å². The first-order valence-electron chi connectivity index (χ1n) is 6.44. The monoisotopic (exact) mass is 492 g/mol. The van der Waals surface area contributed by atoms with E-state index in [1.807, 2.05) is 0 Å². The zero-order chi connectivity index (χ0) is 15.9. The Labute approximate surface area is 138 Å². The number of carbonyl (C=O) groups is 1. The number of rotatable bonds is 9. The maximum absolute atomic E-state index is 10.7. The van der Waals surface area contributed by atoms with E-state index in [2.05, 4.69) is 0 Å². The molecule has 0 saturated heterocycles. The zero-order valence-corrected chi connectivity index (χ0v) is 14.5. The van der Waals surface area contributed by atoms with Gasteiger partial charge in [0.1, 0.15) is 0 Å². The van der Waals surface area contributed by atoms with Crippen molar-refractivity contribution >= 4 is 5.97 Å². The average Bonchev–Trinajstić information content (AvgIpc) is 2.50. The Morgan fingerprint density at radius 3 is 2.29 bits per heavy atom. The van der Waals surface area contributed by atoms with E-state index < -0.39 is 17.4 Å². The number of carboxylic acids is 1. The Hall–Kier alpha value is -0.747. The molecular formula is C14H20AtNO5. The molecule has 1 rings (SSSR count). The quantitative estimate of drug-likeness (QED) is 0.385. The summed E-state index contributed by atoms with van der Waals surface area (Å²) < 4.78 is 6.25. The molecule has 5 N–H and O–H groups in total. The second kappa shape index (κ2) is 8.64. The molecule has 0 fully saturated rings. The van der Waals surface area contributed by atoms with E-state index in [4.69, 9.17) is 15.6 Å².